The molecule has 0 unspecified atom stereocenters. The summed E-state index contributed by atoms with van der Waals surface area (Å²) in [7, 11) is 1.66. The van der Waals surface area contributed by atoms with E-state index in [4.69, 9.17) is 9.47 Å². The highest BCUT2D eigenvalue weighted by Gasteiger charge is 2.02. The zero-order chi connectivity index (χ0) is 20.8. The molecule has 0 spiro atoms. The lowest BCUT2D eigenvalue weighted by molar-refractivity contribution is 0.413. The van der Waals surface area contributed by atoms with Gasteiger partial charge in [0.25, 0.3) is 0 Å². The Labute approximate surface area is 178 Å². The highest BCUT2D eigenvalue weighted by molar-refractivity contribution is 5.38. The van der Waals surface area contributed by atoms with Gasteiger partial charge in [-0.25, -0.2) is 0 Å². The maximum atomic E-state index is 5.91. The van der Waals surface area contributed by atoms with Crippen LogP contribution in [0.3, 0.4) is 0 Å². The Morgan fingerprint density at radius 3 is 1.23 bits per heavy atom. The molecule has 0 aromatic heterocycles. The number of aryl methyl sites for hydroxylation is 1. The van der Waals surface area contributed by atoms with Crippen molar-refractivity contribution in [1.29, 1.82) is 0 Å². The van der Waals surface area contributed by atoms with Gasteiger partial charge in [-0.2, -0.15) is 0 Å². The Kier molecular flexibility index (Phi) is 6.14. The van der Waals surface area contributed by atoms with Crippen molar-refractivity contribution in [2.45, 2.75) is 19.8 Å². The average Bonchev–Trinajstić information content (AvgIpc) is 2.78. The van der Waals surface area contributed by atoms with E-state index in [0.717, 1.165) is 30.1 Å². The van der Waals surface area contributed by atoms with E-state index in [9.17, 15) is 0 Å². The molecule has 0 bridgehead atoms. The van der Waals surface area contributed by atoms with E-state index >= 15 is 0 Å². The summed E-state index contributed by atoms with van der Waals surface area (Å²) in [4.78, 5) is 0. The Balaban J connectivity index is 1.35. The number of ether oxygens (including phenoxy) is 2. The fraction of sp³-hybridized carbons (Fsp3) is 0.143. The summed E-state index contributed by atoms with van der Waals surface area (Å²) in [6.07, 6.45) is 1.88. The first kappa shape index (κ1) is 19.8. The Morgan fingerprint density at radius 2 is 0.800 bits per heavy atom. The quantitative estimate of drug-likeness (QED) is 0.337. The van der Waals surface area contributed by atoms with Crippen LogP contribution in [0.1, 0.15) is 27.8 Å². The van der Waals surface area contributed by atoms with Gasteiger partial charge in [-0.15, -0.1) is 0 Å². The molecule has 0 aliphatic heterocycles. The molecule has 0 aliphatic carbocycles. The van der Waals surface area contributed by atoms with Gasteiger partial charge in [0.1, 0.15) is 17.2 Å². The second-order valence-corrected chi connectivity index (χ2v) is 7.58. The second-order valence-electron chi connectivity index (χ2n) is 7.58. The molecular weight excluding hydrogens is 368 g/mol. The standard InChI is InChI=1S/C28H26O2/c1-21-3-5-22(6-4-21)19-23-7-9-24(10-8-23)20-25-11-13-27(14-12-25)30-28-17-15-26(29-2)16-18-28/h3-18H,19-20H2,1-2H3. The van der Waals surface area contributed by atoms with Crippen LogP contribution >= 0.6 is 0 Å². The van der Waals surface area contributed by atoms with Crippen LogP contribution in [0.2, 0.25) is 0 Å². The Morgan fingerprint density at radius 1 is 0.467 bits per heavy atom. The lowest BCUT2D eigenvalue weighted by Gasteiger charge is -2.08. The molecule has 0 amide bonds. The van der Waals surface area contributed by atoms with Crippen molar-refractivity contribution < 1.29 is 9.47 Å². The minimum Gasteiger partial charge on any atom is -0.497 e. The minimum absolute atomic E-state index is 0.799. The van der Waals surface area contributed by atoms with Crippen molar-refractivity contribution in [3.63, 3.8) is 0 Å². The first-order valence-electron chi connectivity index (χ1n) is 10.2. The van der Waals surface area contributed by atoms with Gasteiger partial charge in [0.2, 0.25) is 0 Å². The van der Waals surface area contributed by atoms with Gasteiger partial charge in [0, 0.05) is 0 Å². The second kappa shape index (κ2) is 9.32. The molecule has 2 heteroatoms. The maximum Gasteiger partial charge on any atom is 0.127 e. The molecule has 2 nitrogen and oxygen atoms in total. The van der Waals surface area contributed by atoms with Crippen LogP contribution in [0.15, 0.2) is 97.1 Å². The molecule has 4 rings (SSSR count). The van der Waals surface area contributed by atoms with Crippen LogP contribution in [0.25, 0.3) is 0 Å². The number of hydrogen-bond acceptors (Lipinski definition) is 2. The van der Waals surface area contributed by atoms with Crippen LogP contribution in [0, 0.1) is 6.92 Å². The first-order valence-corrected chi connectivity index (χ1v) is 10.2. The van der Waals surface area contributed by atoms with Crippen molar-refractivity contribution in [3.05, 3.63) is 125 Å². The number of methoxy groups -OCH3 is 1. The number of rotatable bonds is 7. The van der Waals surface area contributed by atoms with E-state index in [1.165, 1.54) is 27.8 Å². The highest BCUT2D eigenvalue weighted by Crippen LogP contribution is 2.24. The summed E-state index contributed by atoms with van der Waals surface area (Å²) >= 11 is 0. The van der Waals surface area contributed by atoms with Crippen molar-refractivity contribution >= 4 is 0 Å². The normalized spacial score (nSPS) is 10.6. The summed E-state index contributed by atoms with van der Waals surface area (Å²) in [6.45, 7) is 2.12. The largest absolute Gasteiger partial charge is 0.497 e. The van der Waals surface area contributed by atoms with Crippen molar-refractivity contribution in [1.82, 2.24) is 0 Å². The fourth-order valence-corrected chi connectivity index (χ4v) is 3.41. The van der Waals surface area contributed by atoms with E-state index in [1.807, 2.05) is 36.4 Å². The molecule has 0 radical (unpaired) electrons. The molecule has 0 saturated carbocycles. The molecule has 30 heavy (non-hydrogen) atoms. The van der Waals surface area contributed by atoms with E-state index in [2.05, 4.69) is 67.6 Å². The molecule has 150 valence electrons. The lowest BCUT2D eigenvalue weighted by atomic mass is 10.00. The summed E-state index contributed by atoms with van der Waals surface area (Å²) in [5.41, 5.74) is 6.57. The molecular formula is C28H26O2. The molecule has 0 fully saturated rings. The van der Waals surface area contributed by atoms with Gasteiger partial charge in [-0.05, 0) is 78.4 Å². The van der Waals surface area contributed by atoms with Crippen LogP contribution in [0.5, 0.6) is 17.2 Å². The third-order valence-electron chi connectivity index (χ3n) is 5.18. The first-order chi connectivity index (χ1) is 14.7. The molecule has 4 aromatic carbocycles. The van der Waals surface area contributed by atoms with Crippen molar-refractivity contribution in [3.8, 4) is 17.2 Å². The molecule has 0 atom stereocenters. The van der Waals surface area contributed by atoms with Gasteiger partial charge in [0.05, 0.1) is 7.11 Å². The Bertz CT molecular complexity index is 1060. The Hall–Kier alpha value is -3.52. The summed E-state index contributed by atoms with van der Waals surface area (Å²) in [6, 6.07) is 33.6. The van der Waals surface area contributed by atoms with Crippen LogP contribution < -0.4 is 9.47 Å². The molecule has 4 aromatic rings. The minimum atomic E-state index is 0.799. The van der Waals surface area contributed by atoms with E-state index in [0.29, 0.717) is 0 Å². The highest BCUT2D eigenvalue weighted by atomic mass is 16.5. The SMILES string of the molecule is COc1ccc(Oc2ccc(Cc3ccc(Cc4ccc(C)cc4)cc3)cc2)cc1. The van der Waals surface area contributed by atoms with Gasteiger partial charge >= 0.3 is 0 Å². The third-order valence-corrected chi connectivity index (χ3v) is 5.18. The van der Waals surface area contributed by atoms with Crippen LogP contribution in [0.4, 0.5) is 0 Å². The van der Waals surface area contributed by atoms with E-state index in [1.54, 1.807) is 7.11 Å². The number of benzene rings is 4. The summed E-state index contributed by atoms with van der Waals surface area (Å²) in [5.74, 6) is 2.45. The topological polar surface area (TPSA) is 18.5 Å². The third kappa shape index (κ3) is 5.30. The van der Waals surface area contributed by atoms with Crippen molar-refractivity contribution in [2.75, 3.05) is 7.11 Å². The van der Waals surface area contributed by atoms with Gasteiger partial charge in [-0.1, -0.05) is 66.2 Å². The molecule has 0 saturated heterocycles. The van der Waals surface area contributed by atoms with Gasteiger partial charge in [-0.3, -0.25) is 0 Å². The maximum absolute atomic E-state index is 5.91. The fourth-order valence-electron chi connectivity index (χ4n) is 3.41. The zero-order valence-electron chi connectivity index (χ0n) is 17.5. The predicted octanol–water partition coefficient (Wildman–Crippen LogP) is 6.98. The average molecular weight is 395 g/mol. The van der Waals surface area contributed by atoms with E-state index < -0.39 is 0 Å². The smallest absolute Gasteiger partial charge is 0.127 e. The predicted molar refractivity (Wildman–Crippen MR) is 123 cm³/mol. The van der Waals surface area contributed by atoms with E-state index in [-0.39, 0.29) is 0 Å². The van der Waals surface area contributed by atoms with Crippen LogP contribution in [-0.4, -0.2) is 7.11 Å². The number of hydrogen-bond donors (Lipinski definition) is 0. The lowest BCUT2D eigenvalue weighted by Crippen LogP contribution is -1.92. The van der Waals surface area contributed by atoms with Crippen LogP contribution in [-0.2, 0) is 12.8 Å². The molecule has 0 N–H and O–H groups in total. The van der Waals surface area contributed by atoms with Gasteiger partial charge in [0.15, 0.2) is 0 Å². The zero-order valence-corrected chi connectivity index (χ0v) is 17.5. The summed E-state index contributed by atoms with van der Waals surface area (Å²) in [5, 5.41) is 0. The molecule has 0 aliphatic rings. The van der Waals surface area contributed by atoms with Crippen molar-refractivity contribution in [2.24, 2.45) is 0 Å². The monoisotopic (exact) mass is 394 g/mol. The summed E-state index contributed by atoms with van der Waals surface area (Å²) < 4.78 is 11.1. The van der Waals surface area contributed by atoms with Gasteiger partial charge < -0.3 is 9.47 Å². The molecule has 0 heterocycles.